The van der Waals surface area contributed by atoms with E-state index in [9.17, 15) is 4.39 Å². The SMILES string of the molecule is CNCC(=Cc1ccc(F)cc1OC)B1OC(C)(C)C(C)(C)O1. The van der Waals surface area contributed by atoms with Crippen LogP contribution in [0, 0.1) is 5.82 Å². The first-order valence-electron chi connectivity index (χ1n) is 7.74. The van der Waals surface area contributed by atoms with E-state index < -0.39 is 18.3 Å². The van der Waals surface area contributed by atoms with Gasteiger partial charge >= 0.3 is 7.12 Å². The maximum atomic E-state index is 13.4. The minimum atomic E-state index is -0.456. The van der Waals surface area contributed by atoms with Gasteiger partial charge in [0.1, 0.15) is 11.6 Å². The van der Waals surface area contributed by atoms with E-state index in [1.165, 1.54) is 19.2 Å². The fraction of sp³-hybridized carbons (Fsp3) is 0.529. The molecule has 23 heavy (non-hydrogen) atoms. The topological polar surface area (TPSA) is 39.7 Å². The third kappa shape index (κ3) is 3.76. The molecule has 0 atom stereocenters. The van der Waals surface area contributed by atoms with Gasteiger partial charge in [-0.1, -0.05) is 6.08 Å². The molecule has 0 spiro atoms. The lowest BCUT2D eigenvalue weighted by Crippen LogP contribution is -2.41. The molecule has 1 N–H and O–H groups in total. The summed E-state index contributed by atoms with van der Waals surface area (Å²) in [5, 5.41) is 3.13. The van der Waals surface area contributed by atoms with Gasteiger partial charge in [0.25, 0.3) is 0 Å². The highest BCUT2D eigenvalue weighted by Crippen LogP contribution is 2.39. The molecule has 1 aliphatic heterocycles. The molecule has 1 aliphatic rings. The van der Waals surface area contributed by atoms with Gasteiger partial charge in [-0.25, -0.2) is 4.39 Å². The van der Waals surface area contributed by atoms with Crippen molar-refractivity contribution >= 4 is 13.2 Å². The number of hydrogen-bond acceptors (Lipinski definition) is 4. The molecule has 0 saturated carbocycles. The van der Waals surface area contributed by atoms with E-state index in [2.05, 4.69) is 5.32 Å². The van der Waals surface area contributed by atoms with Gasteiger partial charge in [0, 0.05) is 18.2 Å². The van der Waals surface area contributed by atoms with Crippen LogP contribution in [0.1, 0.15) is 33.3 Å². The average molecular weight is 321 g/mol. The molecule has 126 valence electrons. The minimum absolute atomic E-state index is 0.329. The standard InChI is InChI=1S/C17H25BFNO3/c1-16(2)17(3,4)23-18(22-16)13(11-20-5)9-12-7-8-14(19)10-15(12)21-6/h7-10,20H,11H2,1-6H3. The molecular weight excluding hydrogens is 296 g/mol. The van der Waals surface area contributed by atoms with E-state index in [4.69, 9.17) is 14.0 Å². The molecule has 1 aromatic carbocycles. The molecule has 1 saturated heterocycles. The fourth-order valence-electron chi connectivity index (χ4n) is 2.40. The summed E-state index contributed by atoms with van der Waals surface area (Å²) in [6.07, 6.45) is 1.93. The van der Waals surface area contributed by atoms with Crippen LogP contribution in [-0.4, -0.2) is 39.0 Å². The number of rotatable bonds is 5. The van der Waals surface area contributed by atoms with Crippen LogP contribution in [0.3, 0.4) is 0 Å². The summed E-state index contributed by atoms with van der Waals surface area (Å²) in [7, 11) is 2.93. The van der Waals surface area contributed by atoms with E-state index in [0.717, 1.165) is 11.0 Å². The zero-order valence-corrected chi connectivity index (χ0v) is 14.7. The van der Waals surface area contributed by atoms with Crippen molar-refractivity contribution in [3.63, 3.8) is 0 Å². The van der Waals surface area contributed by atoms with Gasteiger partial charge in [0.05, 0.1) is 18.3 Å². The molecule has 0 aliphatic carbocycles. The lowest BCUT2D eigenvalue weighted by molar-refractivity contribution is 0.00578. The van der Waals surface area contributed by atoms with Crippen molar-refractivity contribution in [3.8, 4) is 5.75 Å². The fourth-order valence-corrected chi connectivity index (χ4v) is 2.40. The van der Waals surface area contributed by atoms with Crippen molar-refractivity contribution in [2.45, 2.75) is 38.9 Å². The molecule has 4 nitrogen and oxygen atoms in total. The van der Waals surface area contributed by atoms with Crippen LogP contribution in [0.4, 0.5) is 4.39 Å². The lowest BCUT2D eigenvalue weighted by Gasteiger charge is -2.32. The van der Waals surface area contributed by atoms with Crippen molar-refractivity contribution in [2.75, 3.05) is 20.7 Å². The summed E-state index contributed by atoms with van der Waals surface area (Å²) in [5.41, 5.74) is 0.902. The molecule has 0 unspecified atom stereocenters. The molecule has 0 bridgehead atoms. The highest BCUT2D eigenvalue weighted by molar-refractivity contribution is 6.56. The average Bonchev–Trinajstić information content (AvgIpc) is 2.68. The quantitative estimate of drug-likeness (QED) is 0.846. The van der Waals surface area contributed by atoms with Crippen LogP contribution in [0.25, 0.3) is 6.08 Å². The lowest BCUT2D eigenvalue weighted by atomic mass is 9.77. The molecule has 1 fully saturated rings. The van der Waals surface area contributed by atoms with Gasteiger partial charge < -0.3 is 19.4 Å². The first kappa shape index (κ1) is 18.0. The first-order chi connectivity index (χ1) is 10.7. The van der Waals surface area contributed by atoms with Gasteiger partial charge in [-0.05, 0) is 52.3 Å². The maximum Gasteiger partial charge on any atom is 0.491 e. The van der Waals surface area contributed by atoms with Crippen molar-refractivity contribution < 1.29 is 18.4 Å². The Hall–Kier alpha value is -1.37. The molecule has 0 aromatic heterocycles. The van der Waals surface area contributed by atoms with Gasteiger partial charge in [-0.2, -0.15) is 0 Å². The van der Waals surface area contributed by atoms with E-state index in [1.54, 1.807) is 6.07 Å². The number of methoxy groups -OCH3 is 1. The summed E-state index contributed by atoms with van der Waals surface area (Å²) in [5.74, 6) is 0.153. The van der Waals surface area contributed by atoms with Crippen molar-refractivity contribution in [1.82, 2.24) is 5.32 Å². The van der Waals surface area contributed by atoms with Crippen LogP contribution in [0.5, 0.6) is 5.75 Å². The normalized spacial score (nSPS) is 20.0. The number of nitrogens with one attached hydrogen (secondary N) is 1. The number of likely N-dealkylation sites (N-methyl/N-ethyl adjacent to an activating group) is 1. The minimum Gasteiger partial charge on any atom is -0.496 e. The predicted molar refractivity (Wildman–Crippen MR) is 90.9 cm³/mol. The number of benzene rings is 1. The highest BCUT2D eigenvalue weighted by atomic mass is 19.1. The summed E-state index contributed by atoms with van der Waals surface area (Å²) >= 11 is 0. The van der Waals surface area contributed by atoms with Gasteiger partial charge in [0.2, 0.25) is 0 Å². The Kier molecular flexibility index (Phi) is 5.18. The molecule has 2 rings (SSSR count). The smallest absolute Gasteiger partial charge is 0.491 e. The predicted octanol–water partition coefficient (Wildman–Crippen LogP) is 3.07. The Morgan fingerprint density at radius 1 is 1.26 bits per heavy atom. The largest absolute Gasteiger partial charge is 0.496 e. The molecule has 1 heterocycles. The Morgan fingerprint density at radius 3 is 2.39 bits per heavy atom. The second kappa shape index (κ2) is 6.63. The number of halogens is 1. The second-order valence-electron chi connectivity index (χ2n) is 6.72. The maximum absolute atomic E-state index is 13.4. The molecule has 6 heteroatoms. The Balaban J connectivity index is 2.36. The summed E-state index contributed by atoms with van der Waals surface area (Å²) in [4.78, 5) is 0. The van der Waals surface area contributed by atoms with E-state index in [-0.39, 0.29) is 5.82 Å². The van der Waals surface area contributed by atoms with E-state index >= 15 is 0 Å². The Bertz CT molecular complexity index is 586. The molecular formula is C17H25BFNO3. The molecule has 0 amide bonds. The van der Waals surface area contributed by atoms with Crippen LogP contribution in [0.2, 0.25) is 0 Å². The van der Waals surface area contributed by atoms with E-state index in [1.807, 2.05) is 40.8 Å². The third-order valence-electron chi connectivity index (χ3n) is 4.47. The Labute approximate surface area is 138 Å². The summed E-state index contributed by atoms with van der Waals surface area (Å²) < 4.78 is 30.8. The van der Waals surface area contributed by atoms with Crippen LogP contribution < -0.4 is 10.1 Å². The highest BCUT2D eigenvalue weighted by Gasteiger charge is 2.52. The first-order valence-corrected chi connectivity index (χ1v) is 7.74. The monoisotopic (exact) mass is 321 g/mol. The molecule has 0 radical (unpaired) electrons. The zero-order valence-electron chi connectivity index (χ0n) is 14.7. The van der Waals surface area contributed by atoms with E-state index in [0.29, 0.717) is 12.3 Å². The van der Waals surface area contributed by atoms with Gasteiger partial charge in [-0.15, -0.1) is 0 Å². The second-order valence-corrected chi connectivity index (χ2v) is 6.72. The zero-order chi connectivity index (χ0) is 17.3. The van der Waals surface area contributed by atoms with Crippen LogP contribution in [-0.2, 0) is 9.31 Å². The Morgan fingerprint density at radius 2 is 1.87 bits per heavy atom. The number of hydrogen-bond donors (Lipinski definition) is 1. The van der Waals surface area contributed by atoms with Gasteiger partial charge in [-0.3, -0.25) is 0 Å². The van der Waals surface area contributed by atoms with Crippen molar-refractivity contribution in [3.05, 3.63) is 35.1 Å². The van der Waals surface area contributed by atoms with Crippen molar-refractivity contribution in [1.29, 1.82) is 0 Å². The third-order valence-corrected chi connectivity index (χ3v) is 4.47. The van der Waals surface area contributed by atoms with Crippen LogP contribution in [0.15, 0.2) is 23.7 Å². The summed E-state index contributed by atoms with van der Waals surface area (Å²) in [6.45, 7) is 8.66. The summed E-state index contributed by atoms with van der Waals surface area (Å²) in [6, 6.07) is 4.47. The van der Waals surface area contributed by atoms with Crippen molar-refractivity contribution in [2.24, 2.45) is 0 Å². The number of ether oxygens (including phenoxy) is 1. The van der Waals surface area contributed by atoms with Crippen LogP contribution >= 0.6 is 0 Å². The molecule has 1 aromatic rings. The van der Waals surface area contributed by atoms with Gasteiger partial charge in [0.15, 0.2) is 0 Å².